The number of benzene rings is 1. The lowest BCUT2D eigenvalue weighted by molar-refractivity contribution is 0.0476. The molecule has 0 saturated carbocycles. The molecule has 1 heterocycles. The molecule has 0 aliphatic carbocycles. The van der Waals surface area contributed by atoms with Gasteiger partial charge in [-0.1, -0.05) is 13.0 Å². The van der Waals surface area contributed by atoms with E-state index in [2.05, 4.69) is 32.2 Å². The summed E-state index contributed by atoms with van der Waals surface area (Å²) in [5.41, 5.74) is 2.77. The molecule has 0 amide bonds. The Bertz CT molecular complexity index is 465. The van der Waals surface area contributed by atoms with E-state index in [1.807, 2.05) is 20.9 Å². The third-order valence-corrected chi connectivity index (χ3v) is 4.81. The Morgan fingerprint density at radius 2 is 1.80 bits per heavy atom. The minimum Gasteiger partial charge on any atom is -0.375 e. The minimum absolute atomic E-state index is 0.00875. The smallest absolute Gasteiger partial charge is 0.128 e. The van der Waals surface area contributed by atoms with Crippen molar-refractivity contribution >= 4 is 0 Å². The Morgan fingerprint density at radius 3 is 2.25 bits per heavy atom. The van der Waals surface area contributed by atoms with Crippen molar-refractivity contribution in [2.45, 2.75) is 52.9 Å². The fourth-order valence-corrected chi connectivity index (χ4v) is 3.72. The lowest BCUT2D eigenvalue weighted by Crippen LogP contribution is -2.34. The molecule has 1 aromatic rings. The topological polar surface area (TPSA) is 21.3 Å². The minimum atomic E-state index is -0.110. The molecule has 2 nitrogen and oxygen atoms in total. The summed E-state index contributed by atoms with van der Waals surface area (Å²) in [7, 11) is 1.91. The van der Waals surface area contributed by atoms with Crippen molar-refractivity contribution in [3.05, 3.63) is 34.6 Å². The second-order valence-corrected chi connectivity index (χ2v) is 6.23. The highest BCUT2D eigenvalue weighted by atomic mass is 19.1. The predicted octanol–water partition coefficient (Wildman–Crippen LogP) is 3.76. The van der Waals surface area contributed by atoms with Crippen LogP contribution >= 0.6 is 0 Å². The quantitative estimate of drug-likeness (QED) is 0.909. The first-order chi connectivity index (χ1) is 9.36. The highest BCUT2D eigenvalue weighted by Gasteiger charge is 2.42. The van der Waals surface area contributed by atoms with E-state index >= 15 is 0 Å². The third-order valence-electron chi connectivity index (χ3n) is 4.81. The molecule has 0 aromatic heterocycles. The number of hydrogen-bond donors (Lipinski definition) is 1. The summed E-state index contributed by atoms with van der Waals surface area (Å²) in [4.78, 5) is 0. The molecule has 1 aromatic carbocycles. The monoisotopic (exact) mass is 279 g/mol. The van der Waals surface area contributed by atoms with E-state index in [4.69, 9.17) is 4.74 Å². The van der Waals surface area contributed by atoms with Crippen molar-refractivity contribution < 1.29 is 9.13 Å². The molecule has 1 aliphatic rings. The van der Waals surface area contributed by atoms with Crippen molar-refractivity contribution in [2.75, 3.05) is 7.05 Å². The maximum Gasteiger partial charge on any atom is 0.128 e. The molecule has 1 N–H and O–H groups in total. The van der Waals surface area contributed by atoms with Gasteiger partial charge in [0, 0.05) is 17.5 Å². The van der Waals surface area contributed by atoms with E-state index in [0.29, 0.717) is 5.92 Å². The molecule has 1 aliphatic heterocycles. The molecule has 112 valence electrons. The molecular weight excluding hydrogens is 253 g/mol. The first kappa shape index (κ1) is 15.5. The SMILES string of the molecule is CNC(c1c(C)cc(C)cc1F)C1C(C)OC(C)C1C. The summed E-state index contributed by atoms with van der Waals surface area (Å²) >= 11 is 0. The van der Waals surface area contributed by atoms with Crippen LogP contribution in [0.25, 0.3) is 0 Å². The second kappa shape index (κ2) is 5.82. The molecule has 1 fully saturated rings. The lowest BCUT2D eigenvalue weighted by Gasteiger charge is -2.30. The van der Waals surface area contributed by atoms with Crippen LogP contribution in [0.2, 0.25) is 0 Å². The first-order valence-electron chi connectivity index (χ1n) is 7.46. The van der Waals surface area contributed by atoms with E-state index in [9.17, 15) is 4.39 Å². The van der Waals surface area contributed by atoms with E-state index in [-0.39, 0.29) is 30.0 Å². The van der Waals surface area contributed by atoms with Crippen LogP contribution in [-0.2, 0) is 4.74 Å². The van der Waals surface area contributed by atoms with Gasteiger partial charge in [-0.2, -0.15) is 0 Å². The fourth-order valence-electron chi connectivity index (χ4n) is 3.72. The van der Waals surface area contributed by atoms with E-state index in [0.717, 1.165) is 16.7 Å². The van der Waals surface area contributed by atoms with Gasteiger partial charge in [-0.3, -0.25) is 0 Å². The van der Waals surface area contributed by atoms with Crippen LogP contribution in [0.4, 0.5) is 4.39 Å². The van der Waals surface area contributed by atoms with Crippen LogP contribution in [0.1, 0.15) is 43.5 Å². The van der Waals surface area contributed by atoms with Gasteiger partial charge >= 0.3 is 0 Å². The van der Waals surface area contributed by atoms with Crippen LogP contribution in [0.15, 0.2) is 12.1 Å². The van der Waals surface area contributed by atoms with Crippen molar-refractivity contribution in [2.24, 2.45) is 11.8 Å². The lowest BCUT2D eigenvalue weighted by atomic mass is 9.79. The number of hydrogen-bond acceptors (Lipinski definition) is 2. The fraction of sp³-hybridized carbons (Fsp3) is 0.647. The zero-order valence-electron chi connectivity index (χ0n) is 13.3. The zero-order chi connectivity index (χ0) is 15.0. The summed E-state index contributed by atoms with van der Waals surface area (Å²) in [5.74, 6) is 0.578. The molecule has 2 rings (SSSR count). The number of nitrogens with one attached hydrogen (secondary N) is 1. The molecule has 5 atom stereocenters. The molecule has 0 radical (unpaired) electrons. The van der Waals surface area contributed by atoms with Gasteiger partial charge in [0.05, 0.1) is 12.2 Å². The summed E-state index contributed by atoms with van der Waals surface area (Å²) in [6.07, 6.45) is 0.359. The Kier molecular flexibility index (Phi) is 4.50. The number of rotatable bonds is 3. The van der Waals surface area contributed by atoms with Gasteiger partial charge in [0.25, 0.3) is 0 Å². The molecular formula is C17H26FNO. The van der Waals surface area contributed by atoms with Gasteiger partial charge in [0.2, 0.25) is 0 Å². The molecule has 5 unspecified atom stereocenters. The van der Waals surface area contributed by atoms with Crippen LogP contribution in [-0.4, -0.2) is 19.3 Å². The summed E-state index contributed by atoms with van der Waals surface area (Å²) in [5, 5.41) is 3.32. The van der Waals surface area contributed by atoms with Crippen LogP contribution in [0.3, 0.4) is 0 Å². The normalized spacial score (nSPS) is 31.6. The molecule has 20 heavy (non-hydrogen) atoms. The first-order valence-corrected chi connectivity index (χ1v) is 7.46. The largest absolute Gasteiger partial charge is 0.375 e. The Morgan fingerprint density at radius 1 is 1.15 bits per heavy atom. The maximum absolute atomic E-state index is 14.5. The van der Waals surface area contributed by atoms with Gasteiger partial charge in [-0.05, 0) is 57.9 Å². The average Bonchev–Trinajstić information content (AvgIpc) is 2.59. The predicted molar refractivity (Wildman–Crippen MR) is 80.3 cm³/mol. The molecule has 1 saturated heterocycles. The van der Waals surface area contributed by atoms with Crippen molar-refractivity contribution in [1.29, 1.82) is 0 Å². The number of ether oxygens (including phenoxy) is 1. The van der Waals surface area contributed by atoms with Gasteiger partial charge in [-0.15, -0.1) is 0 Å². The maximum atomic E-state index is 14.5. The zero-order valence-corrected chi connectivity index (χ0v) is 13.3. The highest BCUT2D eigenvalue weighted by molar-refractivity contribution is 5.35. The van der Waals surface area contributed by atoms with Crippen molar-refractivity contribution in [3.63, 3.8) is 0 Å². The third kappa shape index (κ3) is 2.61. The second-order valence-electron chi connectivity index (χ2n) is 6.23. The average molecular weight is 279 g/mol. The summed E-state index contributed by atoms with van der Waals surface area (Å²) < 4.78 is 20.4. The summed E-state index contributed by atoms with van der Waals surface area (Å²) in [6.45, 7) is 10.3. The van der Waals surface area contributed by atoms with Crippen LogP contribution < -0.4 is 5.32 Å². The van der Waals surface area contributed by atoms with Crippen molar-refractivity contribution in [1.82, 2.24) is 5.32 Å². The molecule has 0 bridgehead atoms. The highest BCUT2D eigenvalue weighted by Crippen LogP contribution is 2.41. The van der Waals surface area contributed by atoms with E-state index < -0.39 is 0 Å². The van der Waals surface area contributed by atoms with E-state index in [1.165, 1.54) is 0 Å². The van der Waals surface area contributed by atoms with E-state index in [1.54, 1.807) is 6.07 Å². The molecule has 0 spiro atoms. The van der Waals surface area contributed by atoms with Crippen LogP contribution in [0.5, 0.6) is 0 Å². The summed E-state index contributed by atoms with van der Waals surface area (Å²) in [6, 6.07) is 3.67. The Labute approximate surface area is 121 Å². The Balaban J connectivity index is 2.43. The number of halogens is 1. The van der Waals surface area contributed by atoms with Crippen LogP contribution in [0, 0.1) is 31.5 Å². The number of aryl methyl sites for hydroxylation is 2. The van der Waals surface area contributed by atoms with Gasteiger partial charge in [0.1, 0.15) is 5.82 Å². The van der Waals surface area contributed by atoms with Gasteiger partial charge in [0.15, 0.2) is 0 Å². The van der Waals surface area contributed by atoms with Crippen molar-refractivity contribution in [3.8, 4) is 0 Å². The molecule has 3 heteroatoms. The van der Waals surface area contributed by atoms with Gasteiger partial charge < -0.3 is 10.1 Å². The van der Waals surface area contributed by atoms with Gasteiger partial charge in [-0.25, -0.2) is 4.39 Å². The Hall–Kier alpha value is -0.930. The standard InChI is InChI=1S/C17H26FNO/c1-9-7-10(2)15(14(18)8-9)17(19-6)16-11(3)12(4)20-13(16)5/h7-8,11-13,16-17,19H,1-6H3.